The lowest BCUT2D eigenvalue weighted by Crippen LogP contribution is -2.49. The number of hydrogen-bond donors (Lipinski definition) is 2. The van der Waals surface area contributed by atoms with E-state index in [0.29, 0.717) is 12.8 Å². The van der Waals surface area contributed by atoms with Gasteiger partial charge < -0.3 is 10.2 Å². The van der Waals surface area contributed by atoms with Crippen molar-refractivity contribution in [2.45, 2.75) is 106 Å². The summed E-state index contributed by atoms with van der Waals surface area (Å²) in [5.74, 6) is 0.0900. The van der Waals surface area contributed by atoms with Crippen LogP contribution in [-0.2, 0) is 9.59 Å². The fourth-order valence-electron chi connectivity index (χ4n) is 6.83. The van der Waals surface area contributed by atoms with Crippen molar-refractivity contribution in [3.8, 4) is 0 Å². The molecule has 2 aliphatic rings. The van der Waals surface area contributed by atoms with Crippen molar-refractivity contribution >= 4 is 11.6 Å². The molecular formula is C40H56O4. The van der Waals surface area contributed by atoms with Gasteiger partial charge in [-0.1, -0.05) is 135 Å². The maximum Gasteiger partial charge on any atom is 0.136 e. The highest BCUT2D eigenvalue weighted by Crippen LogP contribution is 2.46. The number of ketones is 2. The highest BCUT2D eigenvalue weighted by Gasteiger charge is 2.48. The van der Waals surface area contributed by atoms with Crippen LogP contribution in [0.15, 0.2) is 107 Å². The molecule has 0 aromatic rings. The summed E-state index contributed by atoms with van der Waals surface area (Å²) < 4.78 is 0. The first-order valence-corrected chi connectivity index (χ1v) is 15.8. The maximum atomic E-state index is 12.0. The maximum absolute atomic E-state index is 12.0. The van der Waals surface area contributed by atoms with Gasteiger partial charge in [-0.3, -0.25) is 9.59 Å². The first kappa shape index (κ1) is 37.1. The third-order valence-corrected chi connectivity index (χ3v) is 8.81. The quantitative estimate of drug-likeness (QED) is 0.245. The molecule has 0 amide bonds. The normalized spacial score (nSPS) is 31.1. The van der Waals surface area contributed by atoms with Crippen LogP contribution in [0, 0.1) is 22.7 Å². The van der Waals surface area contributed by atoms with Crippen molar-refractivity contribution < 1.29 is 19.8 Å². The molecule has 0 spiro atoms. The molecule has 4 atom stereocenters. The fraction of sp³-hybridized carbons (Fsp3) is 0.500. The second-order valence-corrected chi connectivity index (χ2v) is 14.9. The third kappa shape index (κ3) is 11.4. The van der Waals surface area contributed by atoms with Gasteiger partial charge in [-0.05, 0) is 52.4 Å². The highest BCUT2D eigenvalue weighted by molar-refractivity contribution is 5.82. The molecule has 2 rings (SSSR count). The predicted molar refractivity (Wildman–Crippen MR) is 185 cm³/mol. The Morgan fingerprint density at radius 1 is 0.523 bits per heavy atom. The second-order valence-electron chi connectivity index (χ2n) is 14.9. The number of carbonyl (C=O) groups is 2. The molecule has 4 nitrogen and oxygen atoms in total. The van der Waals surface area contributed by atoms with Crippen LogP contribution in [-0.4, -0.2) is 33.0 Å². The van der Waals surface area contributed by atoms with Gasteiger partial charge in [0.05, 0.1) is 11.2 Å². The molecule has 0 saturated heterocycles. The van der Waals surface area contributed by atoms with Gasteiger partial charge in [0.15, 0.2) is 0 Å². The number of carbonyl (C=O) groups excluding carboxylic acids is 2. The minimum absolute atomic E-state index is 0.0818. The van der Waals surface area contributed by atoms with Crippen molar-refractivity contribution in [2.75, 3.05) is 0 Å². The SMILES string of the molecule is CC(/C=C/C=C(C)/C=C/C1C(C)(C)CC(=O)CC1(C)O)=C\C=C\C=C(C)\C=C\C=C(C)\C=C\C1C(C)(C)CC(=O)CC1(C)O. The monoisotopic (exact) mass is 600 g/mol. The summed E-state index contributed by atoms with van der Waals surface area (Å²) in [7, 11) is 0. The molecule has 4 heteroatoms. The van der Waals surface area contributed by atoms with E-state index in [1.807, 2.05) is 62.5 Å². The van der Waals surface area contributed by atoms with E-state index in [0.717, 1.165) is 22.3 Å². The first-order valence-electron chi connectivity index (χ1n) is 15.8. The minimum Gasteiger partial charge on any atom is -0.389 e. The van der Waals surface area contributed by atoms with Gasteiger partial charge in [0.1, 0.15) is 11.6 Å². The molecule has 0 radical (unpaired) electrons. The Morgan fingerprint density at radius 3 is 1.14 bits per heavy atom. The number of hydrogen-bond acceptors (Lipinski definition) is 4. The van der Waals surface area contributed by atoms with Crippen molar-refractivity contribution in [2.24, 2.45) is 22.7 Å². The van der Waals surface area contributed by atoms with Crippen LogP contribution >= 0.6 is 0 Å². The summed E-state index contributed by atoms with van der Waals surface area (Å²) in [6, 6.07) is 0. The Bertz CT molecular complexity index is 1190. The van der Waals surface area contributed by atoms with Crippen molar-refractivity contribution in [3.63, 3.8) is 0 Å². The molecule has 0 aromatic heterocycles. The van der Waals surface area contributed by atoms with Crippen LogP contribution < -0.4 is 0 Å². The van der Waals surface area contributed by atoms with E-state index >= 15 is 0 Å². The molecule has 0 aromatic carbocycles. The standard InChI is InChI=1S/C40H56O4/c1-29(17-13-19-31(3)21-23-35-37(5,6)25-33(41)27-39(35,9)43)15-11-12-16-30(2)18-14-20-32(4)22-24-36-38(7,8)26-34(42)28-40(36,10)44/h11-24,35-36,43-44H,25-28H2,1-10H3/b12-11+,17-13+,18-14+,23-21+,24-22+,29-15+,30-16+,31-19+,32-20+. The molecule has 2 aliphatic carbocycles. The predicted octanol–water partition coefficient (Wildman–Crippen LogP) is 9.07. The van der Waals surface area contributed by atoms with Gasteiger partial charge in [-0.2, -0.15) is 0 Å². The second kappa shape index (κ2) is 15.3. The molecule has 2 N–H and O–H groups in total. The van der Waals surface area contributed by atoms with Crippen LogP contribution in [0.3, 0.4) is 0 Å². The lowest BCUT2D eigenvalue weighted by atomic mass is 9.61. The molecule has 0 bridgehead atoms. The van der Waals surface area contributed by atoms with Crippen molar-refractivity contribution in [1.29, 1.82) is 0 Å². The highest BCUT2D eigenvalue weighted by atomic mass is 16.3. The van der Waals surface area contributed by atoms with Crippen molar-refractivity contribution in [3.05, 3.63) is 107 Å². The molecule has 4 unspecified atom stereocenters. The van der Waals surface area contributed by atoms with Crippen LogP contribution in [0.2, 0.25) is 0 Å². The smallest absolute Gasteiger partial charge is 0.136 e. The Hall–Kier alpha value is -3.08. The average molecular weight is 601 g/mol. The zero-order valence-corrected chi connectivity index (χ0v) is 28.8. The van der Waals surface area contributed by atoms with E-state index in [4.69, 9.17) is 0 Å². The van der Waals surface area contributed by atoms with Gasteiger partial charge in [-0.25, -0.2) is 0 Å². The largest absolute Gasteiger partial charge is 0.389 e. The Morgan fingerprint density at radius 2 is 0.818 bits per heavy atom. The van der Waals surface area contributed by atoms with E-state index in [1.165, 1.54) is 0 Å². The van der Waals surface area contributed by atoms with E-state index < -0.39 is 11.2 Å². The molecular weight excluding hydrogens is 544 g/mol. The van der Waals surface area contributed by atoms with Crippen molar-refractivity contribution in [1.82, 2.24) is 0 Å². The minimum atomic E-state index is -1.02. The lowest BCUT2D eigenvalue weighted by molar-refractivity contribution is -0.140. The Kier molecular flexibility index (Phi) is 12.9. The molecule has 2 saturated carbocycles. The fourth-order valence-corrected chi connectivity index (χ4v) is 6.83. The first-order chi connectivity index (χ1) is 20.2. The summed E-state index contributed by atoms with van der Waals surface area (Å²) in [4.78, 5) is 24.1. The zero-order valence-electron chi connectivity index (χ0n) is 28.8. The molecule has 0 heterocycles. The van der Waals surface area contributed by atoms with Crippen LogP contribution in [0.5, 0.6) is 0 Å². The van der Waals surface area contributed by atoms with E-state index in [2.05, 4.69) is 78.0 Å². The molecule has 2 fully saturated rings. The van der Waals surface area contributed by atoms with Gasteiger partial charge in [0, 0.05) is 37.5 Å². The van der Waals surface area contributed by atoms with Crippen LogP contribution in [0.4, 0.5) is 0 Å². The summed E-state index contributed by atoms with van der Waals surface area (Å²) >= 11 is 0. The molecule has 44 heavy (non-hydrogen) atoms. The van der Waals surface area contributed by atoms with Gasteiger partial charge in [0.2, 0.25) is 0 Å². The van der Waals surface area contributed by atoms with E-state index in [1.54, 1.807) is 13.8 Å². The van der Waals surface area contributed by atoms with Crippen LogP contribution in [0.25, 0.3) is 0 Å². The number of Topliss-reactive ketones (excluding diaryl/α,β-unsaturated/α-hetero) is 2. The summed E-state index contributed by atoms with van der Waals surface area (Å²) in [6.45, 7) is 19.9. The topological polar surface area (TPSA) is 74.6 Å². The van der Waals surface area contributed by atoms with Crippen LogP contribution in [0.1, 0.15) is 94.9 Å². The van der Waals surface area contributed by atoms with Gasteiger partial charge >= 0.3 is 0 Å². The van der Waals surface area contributed by atoms with Gasteiger partial charge in [-0.15, -0.1) is 0 Å². The summed E-state index contributed by atoms with van der Waals surface area (Å²) in [5.41, 5.74) is 1.83. The number of aliphatic hydroxyl groups is 2. The number of rotatable bonds is 10. The third-order valence-electron chi connectivity index (χ3n) is 8.81. The van der Waals surface area contributed by atoms with E-state index in [-0.39, 0.29) is 47.1 Å². The Labute approximate surface area is 267 Å². The molecule has 240 valence electrons. The average Bonchev–Trinajstić information content (AvgIpc) is 2.83. The molecule has 0 aliphatic heterocycles. The number of allylic oxidation sites excluding steroid dienone is 16. The summed E-state index contributed by atoms with van der Waals surface area (Å²) in [6.07, 6.45) is 30.0. The van der Waals surface area contributed by atoms with E-state index in [9.17, 15) is 19.8 Å². The zero-order chi connectivity index (χ0) is 33.3. The lowest BCUT2D eigenvalue weighted by Gasteiger charge is -2.45. The van der Waals surface area contributed by atoms with Gasteiger partial charge in [0.25, 0.3) is 0 Å². The Balaban J connectivity index is 1.92. The summed E-state index contributed by atoms with van der Waals surface area (Å²) in [5, 5.41) is 21.7.